The van der Waals surface area contributed by atoms with Crippen molar-refractivity contribution < 1.29 is 4.92 Å². The van der Waals surface area contributed by atoms with Crippen LogP contribution in [-0.2, 0) is 6.42 Å². The van der Waals surface area contributed by atoms with Crippen molar-refractivity contribution in [2.75, 3.05) is 5.73 Å². The molecule has 4 nitrogen and oxygen atoms in total. The molecule has 91 valence electrons. The molecule has 2 aromatic carbocycles. The number of hydrogen-bond acceptors (Lipinski definition) is 3. The van der Waals surface area contributed by atoms with Crippen LogP contribution in [0.25, 0.3) is 0 Å². The molecule has 0 aliphatic heterocycles. The number of nitrogen functional groups attached to an aromatic ring is 1. The number of nitrogens with zero attached hydrogens (tertiary/aromatic N) is 1. The second-order valence-electron chi connectivity index (χ2n) is 4.01. The summed E-state index contributed by atoms with van der Waals surface area (Å²) in [6.07, 6.45) is 2.64. The van der Waals surface area contributed by atoms with Gasteiger partial charge in [0, 0.05) is 17.8 Å². The second kappa shape index (κ2) is 5.31. The summed E-state index contributed by atoms with van der Waals surface area (Å²) in [5, 5.41) is 10.7. The van der Waals surface area contributed by atoms with Crippen molar-refractivity contribution in [3.8, 4) is 0 Å². The van der Waals surface area contributed by atoms with Gasteiger partial charge in [-0.1, -0.05) is 24.3 Å². The lowest BCUT2D eigenvalue weighted by atomic mass is 10.0. The van der Waals surface area contributed by atoms with Gasteiger partial charge in [0.15, 0.2) is 0 Å². The van der Waals surface area contributed by atoms with Gasteiger partial charge in [-0.2, -0.15) is 0 Å². The molecule has 0 heterocycles. The van der Waals surface area contributed by atoms with Crippen LogP contribution < -0.4 is 5.73 Å². The van der Waals surface area contributed by atoms with E-state index in [1.165, 1.54) is 6.07 Å². The molecular formula is C14H13N2O2. The van der Waals surface area contributed by atoms with Gasteiger partial charge in [0.05, 0.1) is 4.92 Å². The van der Waals surface area contributed by atoms with Crippen LogP contribution in [0.1, 0.15) is 11.1 Å². The van der Waals surface area contributed by atoms with E-state index in [4.69, 9.17) is 5.73 Å². The molecule has 0 amide bonds. The summed E-state index contributed by atoms with van der Waals surface area (Å²) in [5.41, 5.74) is 8.44. The molecular weight excluding hydrogens is 228 g/mol. The molecule has 1 radical (unpaired) electrons. The third-order valence-electron chi connectivity index (χ3n) is 2.61. The summed E-state index contributed by atoms with van der Waals surface area (Å²) >= 11 is 0. The number of anilines is 1. The molecule has 0 saturated carbocycles. The highest BCUT2D eigenvalue weighted by Gasteiger charge is 2.05. The van der Waals surface area contributed by atoms with Crippen LogP contribution in [0, 0.1) is 16.5 Å². The third-order valence-corrected chi connectivity index (χ3v) is 2.61. The Labute approximate surface area is 105 Å². The predicted molar refractivity (Wildman–Crippen MR) is 71.1 cm³/mol. The maximum Gasteiger partial charge on any atom is 0.269 e. The van der Waals surface area contributed by atoms with Gasteiger partial charge in [-0.05, 0) is 36.1 Å². The summed E-state index contributed by atoms with van der Waals surface area (Å²) in [5.74, 6) is 0. The van der Waals surface area contributed by atoms with E-state index in [1.54, 1.807) is 12.1 Å². The van der Waals surface area contributed by atoms with Crippen molar-refractivity contribution in [3.05, 3.63) is 76.2 Å². The lowest BCUT2D eigenvalue weighted by Gasteiger charge is -2.03. The molecule has 0 aromatic heterocycles. The van der Waals surface area contributed by atoms with Crippen LogP contribution in [0.5, 0.6) is 0 Å². The van der Waals surface area contributed by atoms with Gasteiger partial charge in [0.25, 0.3) is 5.69 Å². The maximum atomic E-state index is 10.7. The third kappa shape index (κ3) is 3.07. The zero-order valence-electron chi connectivity index (χ0n) is 9.74. The van der Waals surface area contributed by atoms with E-state index in [2.05, 4.69) is 0 Å². The smallest absolute Gasteiger partial charge is 0.269 e. The van der Waals surface area contributed by atoms with Gasteiger partial charge in [-0.25, -0.2) is 0 Å². The normalized spacial score (nSPS) is 10.2. The van der Waals surface area contributed by atoms with Gasteiger partial charge in [-0.15, -0.1) is 0 Å². The van der Waals surface area contributed by atoms with Gasteiger partial charge in [0.2, 0.25) is 0 Å². The molecule has 0 aliphatic carbocycles. The number of rotatable bonds is 4. The Bertz CT molecular complexity index is 567. The maximum absolute atomic E-state index is 10.7. The van der Waals surface area contributed by atoms with Gasteiger partial charge < -0.3 is 5.73 Å². The fraction of sp³-hybridized carbons (Fsp3) is 0.0714. The van der Waals surface area contributed by atoms with Crippen molar-refractivity contribution in [1.29, 1.82) is 0 Å². The van der Waals surface area contributed by atoms with Crippen LogP contribution in [0.3, 0.4) is 0 Å². The van der Waals surface area contributed by atoms with Crippen LogP contribution in [-0.4, -0.2) is 4.92 Å². The monoisotopic (exact) mass is 241 g/mol. The predicted octanol–water partition coefficient (Wildman–Crippen LogP) is 2.97. The topological polar surface area (TPSA) is 69.2 Å². The molecule has 18 heavy (non-hydrogen) atoms. The quantitative estimate of drug-likeness (QED) is 0.508. The number of nitrogens with two attached hydrogens (primary N) is 1. The fourth-order valence-corrected chi connectivity index (χ4v) is 1.72. The van der Waals surface area contributed by atoms with Crippen LogP contribution in [0.15, 0.2) is 48.5 Å². The summed E-state index contributed by atoms with van der Waals surface area (Å²) in [7, 11) is 0. The number of benzene rings is 2. The van der Waals surface area contributed by atoms with Gasteiger partial charge >= 0.3 is 0 Å². The molecule has 0 saturated heterocycles. The first-order chi connectivity index (χ1) is 8.65. The van der Waals surface area contributed by atoms with E-state index in [0.717, 1.165) is 11.1 Å². The molecule has 4 heteroatoms. The molecule has 0 fully saturated rings. The summed E-state index contributed by atoms with van der Waals surface area (Å²) < 4.78 is 0. The van der Waals surface area contributed by atoms with Crippen molar-refractivity contribution in [3.63, 3.8) is 0 Å². The van der Waals surface area contributed by atoms with Crippen molar-refractivity contribution in [2.24, 2.45) is 0 Å². The average Bonchev–Trinajstić information content (AvgIpc) is 2.37. The molecule has 2 aromatic rings. The zero-order valence-corrected chi connectivity index (χ0v) is 9.74. The highest BCUT2D eigenvalue weighted by molar-refractivity contribution is 5.44. The van der Waals surface area contributed by atoms with E-state index in [9.17, 15) is 10.1 Å². The number of hydrogen-bond donors (Lipinski definition) is 1. The SMILES string of the molecule is Nc1cccc([CH]Cc2cccc([N+](=O)[O-])c2)c1. The Kier molecular flexibility index (Phi) is 3.57. The van der Waals surface area contributed by atoms with E-state index in [1.807, 2.05) is 36.8 Å². The Morgan fingerprint density at radius 2 is 1.94 bits per heavy atom. The van der Waals surface area contributed by atoms with Crippen LogP contribution >= 0.6 is 0 Å². The molecule has 2 N–H and O–H groups in total. The van der Waals surface area contributed by atoms with Crippen LogP contribution in [0.2, 0.25) is 0 Å². The average molecular weight is 241 g/mol. The Morgan fingerprint density at radius 3 is 2.67 bits per heavy atom. The largest absolute Gasteiger partial charge is 0.399 e. The minimum atomic E-state index is -0.385. The number of non-ortho nitro benzene ring substituents is 1. The molecule has 0 unspecified atom stereocenters. The lowest BCUT2D eigenvalue weighted by Crippen LogP contribution is -1.93. The first-order valence-electron chi connectivity index (χ1n) is 5.57. The standard InChI is InChI=1S/C14H13N2O2/c15-13-5-1-3-11(9-13)7-8-12-4-2-6-14(10-12)16(17)18/h1-7,9-10H,8,15H2. The Morgan fingerprint density at radius 1 is 1.17 bits per heavy atom. The summed E-state index contributed by atoms with van der Waals surface area (Å²) in [6, 6.07) is 14.2. The molecule has 0 atom stereocenters. The molecule has 0 bridgehead atoms. The minimum absolute atomic E-state index is 0.119. The minimum Gasteiger partial charge on any atom is -0.399 e. The zero-order chi connectivity index (χ0) is 13.0. The highest BCUT2D eigenvalue weighted by atomic mass is 16.6. The Balaban J connectivity index is 2.06. The van der Waals surface area contributed by atoms with E-state index in [-0.39, 0.29) is 10.6 Å². The first-order valence-corrected chi connectivity index (χ1v) is 5.57. The van der Waals surface area contributed by atoms with Crippen molar-refractivity contribution in [2.45, 2.75) is 6.42 Å². The van der Waals surface area contributed by atoms with Gasteiger partial charge in [0.1, 0.15) is 0 Å². The van der Waals surface area contributed by atoms with Crippen molar-refractivity contribution >= 4 is 11.4 Å². The highest BCUT2D eigenvalue weighted by Crippen LogP contribution is 2.16. The van der Waals surface area contributed by atoms with E-state index >= 15 is 0 Å². The molecule has 2 rings (SSSR count). The summed E-state index contributed by atoms with van der Waals surface area (Å²) in [6.45, 7) is 0. The number of nitro groups is 1. The molecule has 0 aliphatic rings. The summed E-state index contributed by atoms with van der Waals surface area (Å²) in [4.78, 5) is 10.3. The first kappa shape index (κ1) is 12.1. The molecule has 0 spiro atoms. The lowest BCUT2D eigenvalue weighted by molar-refractivity contribution is -0.384. The second-order valence-corrected chi connectivity index (χ2v) is 4.01. The van der Waals surface area contributed by atoms with E-state index in [0.29, 0.717) is 12.1 Å². The van der Waals surface area contributed by atoms with Gasteiger partial charge in [-0.3, -0.25) is 10.1 Å². The number of nitro benzene ring substituents is 1. The van der Waals surface area contributed by atoms with E-state index < -0.39 is 0 Å². The Hall–Kier alpha value is -2.36. The van der Waals surface area contributed by atoms with Crippen molar-refractivity contribution in [1.82, 2.24) is 0 Å². The fourth-order valence-electron chi connectivity index (χ4n) is 1.72. The van der Waals surface area contributed by atoms with Crippen LogP contribution in [0.4, 0.5) is 11.4 Å².